The van der Waals surface area contributed by atoms with E-state index in [-0.39, 0.29) is 22.6 Å². The first-order valence-electron chi connectivity index (χ1n) is 6.13. The second-order valence-electron chi connectivity index (χ2n) is 5.41. The molecular formula is C14H22N2O3. The SMILES string of the molecule is COc1ccc(C(=O)N(C)CC(C)(C)CN)c(O)c1. The summed E-state index contributed by atoms with van der Waals surface area (Å²) in [7, 11) is 3.20. The lowest BCUT2D eigenvalue weighted by Crippen LogP contribution is -2.39. The molecule has 106 valence electrons. The average Bonchev–Trinajstić information content (AvgIpc) is 2.37. The van der Waals surface area contributed by atoms with Crippen molar-refractivity contribution in [1.29, 1.82) is 0 Å². The predicted molar refractivity (Wildman–Crippen MR) is 74.5 cm³/mol. The van der Waals surface area contributed by atoms with Crippen LogP contribution < -0.4 is 10.5 Å². The Hall–Kier alpha value is -1.75. The van der Waals surface area contributed by atoms with Crippen LogP contribution in [-0.4, -0.2) is 43.2 Å². The smallest absolute Gasteiger partial charge is 0.257 e. The quantitative estimate of drug-likeness (QED) is 0.846. The van der Waals surface area contributed by atoms with E-state index in [2.05, 4.69) is 0 Å². The van der Waals surface area contributed by atoms with Crippen LogP contribution >= 0.6 is 0 Å². The summed E-state index contributed by atoms with van der Waals surface area (Å²) in [6.07, 6.45) is 0. The lowest BCUT2D eigenvalue weighted by Gasteiger charge is -2.29. The van der Waals surface area contributed by atoms with Crippen molar-refractivity contribution in [2.75, 3.05) is 27.2 Å². The first kappa shape index (κ1) is 15.3. The van der Waals surface area contributed by atoms with Gasteiger partial charge >= 0.3 is 0 Å². The minimum absolute atomic E-state index is 0.0817. The van der Waals surface area contributed by atoms with Crippen molar-refractivity contribution in [2.24, 2.45) is 11.1 Å². The van der Waals surface area contributed by atoms with Crippen LogP contribution in [-0.2, 0) is 0 Å². The van der Waals surface area contributed by atoms with Gasteiger partial charge in [-0.3, -0.25) is 4.79 Å². The Morgan fingerprint density at radius 3 is 2.58 bits per heavy atom. The molecule has 0 spiro atoms. The van der Waals surface area contributed by atoms with Crippen LogP contribution in [0.15, 0.2) is 18.2 Å². The molecule has 1 aromatic carbocycles. The van der Waals surface area contributed by atoms with Gasteiger partial charge in [-0.05, 0) is 24.1 Å². The third-order valence-corrected chi connectivity index (χ3v) is 3.00. The Bertz CT molecular complexity index is 458. The number of nitrogens with zero attached hydrogens (tertiary/aromatic N) is 1. The van der Waals surface area contributed by atoms with Crippen molar-refractivity contribution in [3.8, 4) is 11.5 Å². The molecule has 0 aliphatic rings. The fourth-order valence-corrected chi connectivity index (χ4v) is 1.80. The van der Waals surface area contributed by atoms with Crippen molar-refractivity contribution < 1.29 is 14.6 Å². The van der Waals surface area contributed by atoms with Crippen molar-refractivity contribution in [2.45, 2.75) is 13.8 Å². The van der Waals surface area contributed by atoms with Gasteiger partial charge in [-0.1, -0.05) is 13.8 Å². The van der Waals surface area contributed by atoms with Gasteiger partial charge in [-0.15, -0.1) is 0 Å². The number of ether oxygens (including phenoxy) is 1. The van der Waals surface area contributed by atoms with Gasteiger partial charge in [0.1, 0.15) is 11.5 Å². The summed E-state index contributed by atoms with van der Waals surface area (Å²) in [5.41, 5.74) is 5.76. The molecule has 0 radical (unpaired) electrons. The molecule has 0 fully saturated rings. The van der Waals surface area contributed by atoms with Gasteiger partial charge in [0.05, 0.1) is 12.7 Å². The van der Waals surface area contributed by atoms with Gasteiger partial charge < -0.3 is 20.5 Å². The Morgan fingerprint density at radius 1 is 1.47 bits per heavy atom. The van der Waals surface area contributed by atoms with E-state index in [1.54, 1.807) is 24.1 Å². The van der Waals surface area contributed by atoms with Crippen LogP contribution in [0.1, 0.15) is 24.2 Å². The van der Waals surface area contributed by atoms with Crippen LogP contribution in [0.5, 0.6) is 11.5 Å². The third kappa shape index (κ3) is 3.86. The summed E-state index contributed by atoms with van der Waals surface area (Å²) >= 11 is 0. The van der Waals surface area contributed by atoms with Crippen LogP contribution in [0.3, 0.4) is 0 Å². The largest absolute Gasteiger partial charge is 0.507 e. The standard InChI is InChI=1S/C14H22N2O3/c1-14(2,8-15)9-16(3)13(18)11-6-5-10(19-4)7-12(11)17/h5-7,17H,8-9,15H2,1-4H3. The number of hydrogen-bond donors (Lipinski definition) is 2. The average molecular weight is 266 g/mol. The molecule has 3 N–H and O–H groups in total. The zero-order valence-corrected chi connectivity index (χ0v) is 11.9. The van der Waals surface area contributed by atoms with Crippen LogP contribution in [0.4, 0.5) is 0 Å². The summed E-state index contributed by atoms with van der Waals surface area (Å²) < 4.78 is 4.99. The van der Waals surface area contributed by atoms with Crippen molar-refractivity contribution in [1.82, 2.24) is 4.90 Å². The Labute approximate surface area is 114 Å². The van der Waals surface area contributed by atoms with Gasteiger partial charge in [0.25, 0.3) is 5.91 Å². The number of benzene rings is 1. The Kier molecular flexibility index (Phi) is 4.78. The molecule has 5 heteroatoms. The maximum absolute atomic E-state index is 12.2. The molecule has 5 nitrogen and oxygen atoms in total. The molecule has 0 unspecified atom stereocenters. The molecule has 1 amide bonds. The van der Waals surface area contributed by atoms with Gasteiger partial charge in [0, 0.05) is 19.7 Å². The summed E-state index contributed by atoms with van der Waals surface area (Å²) in [4.78, 5) is 13.8. The molecule has 0 saturated carbocycles. The van der Waals surface area contributed by atoms with E-state index >= 15 is 0 Å². The zero-order chi connectivity index (χ0) is 14.6. The second kappa shape index (κ2) is 5.93. The van der Waals surface area contributed by atoms with Crippen LogP contribution in [0, 0.1) is 5.41 Å². The maximum atomic E-state index is 12.2. The number of carbonyl (C=O) groups is 1. The van der Waals surface area contributed by atoms with E-state index in [9.17, 15) is 9.90 Å². The summed E-state index contributed by atoms with van der Waals surface area (Å²) in [5, 5.41) is 9.85. The van der Waals surface area contributed by atoms with Gasteiger partial charge in [-0.25, -0.2) is 0 Å². The molecule has 0 heterocycles. The van der Waals surface area contributed by atoms with Gasteiger partial charge in [0.15, 0.2) is 0 Å². The van der Waals surface area contributed by atoms with Crippen molar-refractivity contribution in [3.63, 3.8) is 0 Å². The molecule has 0 saturated heterocycles. The first-order chi connectivity index (χ1) is 8.80. The topological polar surface area (TPSA) is 75.8 Å². The highest BCUT2D eigenvalue weighted by Gasteiger charge is 2.23. The minimum Gasteiger partial charge on any atom is -0.507 e. The maximum Gasteiger partial charge on any atom is 0.257 e. The minimum atomic E-state index is -0.235. The number of phenolic OH excluding ortho intramolecular Hbond substituents is 1. The van der Waals surface area contributed by atoms with Crippen molar-refractivity contribution in [3.05, 3.63) is 23.8 Å². The fraction of sp³-hybridized carbons (Fsp3) is 0.500. The fourth-order valence-electron chi connectivity index (χ4n) is 1.80. The van der Waals surface area contributed by atoms with E-state index < -0.39 is 0 Å². The number of nitrogens with two attached hydrogens (primary N) is 1. The number of amides is 1. The number of phenols is 1. The van der Waals surface area contributed by atoms with E-state index in [1.807, 2.05) is 13.8 Å². The molecule has 1 aromatic rings. The van der Waals surface area contributed by atoms with E-state index in [0.717, 1.165) is 0 Å². The molecule has 0 atom stereocenters. The lowest BCUT2D eigenvalue weighted by molar-refractivity contribution is 0.0737. The number of rotatable bonds is 5. The molecule has 0 aromatic heterocycles. The van der Waals surface area contributed by atoms with E-state index in [4.69, 9.17) is 10.5 Å². The Morgan fingerprint density at radius 2 is 2.11 bits per heavy atom. The summed E-state index contributed by atoms with van der Waals surface area (Å²) in [6.45, 7) is 4.99. The molecule has 0 aliphatic heterocycles. The molecule has 1 rings (SSSR count). The van der Waals surface area contributed by atoms with E-state index in [1.165, 1.54) is 13.2 Å². The first-order valence-corrected chi connectivity index (χ1v) is 6.13. The normalized spacial score (nSPS) is 11.2. The highest BCUT2D eigenvalue weighted by molar-refractivity contribution is 5.96. The molecule has 19 heavy (non-hydrogen) atoms. The number of aromatic hydroxyl groups is 1. The third-order valence-electron chi connectivity index (χ3n) is 3.00. The second-order valence-corrected chi connectivity index (χ2v) is 5.41. The lowest BCUT2D eigenvalue weighted by atomic mass is 9.93. The molecular weight excluding hydrogens is 244 g/mol. The van der Waals surface area contributed by atoms with Crippen molar-refractivity contribution >= 4 is 5.91 Å². The van der Waals surface area contributed by atoms with Gasteiger partial charge in [-0.2, -0.15) is 0 Å². The number of carbonyl (C=O) groups excluding carboxylic acids is 1. The van der Waals surface area contributed by atoms with E-state index in [0.29, 0.717) is 18.8 Å². The number of methoxy groups -OCH3 is 1. The molecule has 0 aliphatic carbocycles. The monoisotopic (exact) mass is 266 g/mol. The summed E-state index contributed by atoms with van der Waals surface area (Å²) in [6, 6.07) is 4.63. The zero-order valence-electron chi connectivity index (χ0n) is 11.9. The highest BCUT2D eigenvalue weighted by atomic mass is 16.5. The number of hydrogen-bond acceptors (Lipinski definition) is 4. The van der Waals surface area contributed by atoms with Crippen LogP contribution in [0.2, 0.25) is 0 Å². The molecule has 0 bridgehead atoms. The predicted octanol–water partition coefficient (Wildman–Crippen LogP) is 1.46. The Balaban J connectivity index is 2.88. The van der Waals surface area contributed by atoms with Crippen LogP contribution in [0.25, 0.3) is 0 Å². The van der Waals surface area contributed by atoms with Gasteiger partial charge in [0.2, 0.25) is 0 Å². The highest BCUT2D eigenvalue weighted by Crippen LogP contribution is 2.25. The summed E-state index contributed by atoms with van der Waals surface area (Å²) in [5.74, 6) is 0.197.